The van der Waals surface area contributed by atoms with Crippen LogP contribution in [0.4, 0.5) is 4.39 Å². The van der Waals surface area contributed by atoms with Gasteiger partial charge in [-0.25, -0.2) is 9.18 Å². The molecule has 0 aromatic heterocycles. The van der Waals surface area contributed by atoms with Gasteiger partial charge in [-0.05, 0) is 36.6 Å². The second kappa shape index (κ2) is 6.83. The quantitative estimate of drug-likeness (QED) is 0.816. The number of nitrogens with zero attached hydrogens (tertiary/aromatic N) is 1. The van der Waals surface area contributed by atoms with Crippen molar-refractivity contribution in [3.05, 3.63) is 41.2 Å². The van der Waals surface area contributed by atoms with Gasteiger partial charge in [0.25, 0.3) is 0 Å². The van der Waals surface area contributed by atoms with Crippen LogP contribution >= 0.6 is 0 Å². The molecule has 2 N–H and O–H groups in total. The maximum absolute atomic E-state index is 14.1. The smallest absolute Gasteiger partial charge is 0.328 e. The number of rotatable bonds is 5. The fourth-order valence-corrected chi connectivity index (χ4v) is 2.76. The van der Waals surface area contributed by atoms with E-state index in [1.54, 1.807) is 12.1 Å². The maximum Gasteiger partial charge on any atom is 0.328 e. The summed E-state index contributed by atoms with van der Waals surface area (Å²) in [5.41, 5.74) is 1.09. The molecule has 2 atom stereocenters. The molecule has 114 valence electrons. The monoisotopic (exact) mass is 293 g/mol. The first-order chi connectivity index (χ1) is 10.0. The minimum absolute atomic E-state index is 0.0796. The van der Waals surface area contributed by atoms with Gasteiger partial charge in [-0.1, -0.05) is 19.1 Å². The number of carboxylic acid groups (broad SMARTS) is 1. The summed E-state index contributed by atoms with van der Waals surface area (Å²) in [5, 5.41) is 18.0. The number of aliphatic hydroxyl groups is 1. The number of likely N-dealkylation sites (tertiary alicyclic amines) is 1. The average Bonchev–Trinajstić information content (AvgIpc) is 2.79. The summed E-state index contributed by atoms with van der Waals surface area (Å²) in [6.07, 6.45) is 3.36. The first-order valence-corrected chi connectivity index (χ1v) is 7.05. The Bertz CT molecular complexity index is 544. The van der Waals surface area contributed by atoms with Gasteiger partial charge in [-0.3, -0.25) is 4.90 Å². The number of aliphatic carboxylic acids is 1. The second-order valence-electron chi connectivity index (χ2n) is 5.51. The molecule has 0 spiro atoms. The lowest BCUT2D eigenvalue weighted by Crippen LogP contribution is -2.34. The molecular weight excluding hydrogens is 273 g/mol. The highest BCUT2D eigenvalue weighted by Gasteiger charge is 2.30. The van der Waals surface area contributed by atoms with Crippen molar-refractivity contribution in [2.75, 3.05) is 13.2 Å². The van der Waals surface area contributed by atoms with Gasteiger partial charge in [0, 0.05) is 24.2 Å². The van der Waals surface area contributed by atoms with Crippen molar-refractivity contribution in [1.29, 1.82) is 0 Å². The van der Waals surface area contributed by atoms with Gasteiger partial charge in [-0.2, -0.15) is 0 Å². The molecule has 2 rings (SSSR count). The van der Waals surface area contributed by atoms with E-state index in [4.69, 9.17) is 5.11 Å². The standard InChI is InChI=1S/C16H20FNO3/c1-11-6-7-18(15(11)10-19)9-13-4-2-12(8-14(13)17)3-5-16(20)21/h2-5,8,11,15,19H,6-7,9-10H2,1H3,(H,20,21)/b5-3+. The van der Waals surface area contributed by atoms with Crippen LogP contribution in [0.3, 0.4) is 0 Å². The van der Waals surface area contributed by atoms with Gasteiger partial charge in [0.15, 0.2) is 0 Å². The van der Waals surface area contributed by atoms with E-state index < -0.39 is 5.97 Å². The molecule has 5 heteroatoms. The van der Waals surface area contributed by atoms with E-state index in [9.17, 15) is 14.3 Å². The fourth-order valence-electron chi connectivity index (χ4n) is 2.76. The summed E-state index contributed by atoms with van der Waals surface area (Å²) in [6.45, 7) is 3.50. The molecule has 1 heterocycles. The van der Waals surface area contributed by atoms with Gasteiger partial charge < -0.3 is 10.2 Å². The Hall–Kier alpha value is -1.72. The summed E-state index contributed by atoms with van der Waals surface area (Å²) in [5.74, 6) is -0.994. The van der Waals surface area contributed by atoms with Crippen molar-refractivity contribution in [2.24, 2.45) is 5.92 Å². The maximum atomic E-state index is 14.1. The number of carboxylic acids is 1. The molecule has 0 saturated carbocycles. The van der Waals surface area contributed by atoms with Crippen LogP contribution in [0, 0.1) is 11.7 Å². The molecule has 21 heavy (non-hydrogen) atoms. The van der Waals surface area contributed by atoms with E-state index in [0.717, 1.165) is 19.0 Å². The molecule has 1 saturated heterocycles. The fraction of sp³-hybridized carbons (Fsp3) is 0.438. The van der Waals surface area contributed by atoms with Gasteiger partial charge in [0.05, 0.1) is 6.61 Å². The van der Waals surface area contributed by atoms with Crippen LogP contribution in [0.5, 0.6) is 0 Å². The van der Waals surface area contributed by atoms with E-state index in [0.29, 0.717) is 23.6 Å². The Morgan fingerprint density at radius 1 is 1.52 bits per heavy atom. The number of hydrogen-bond acceptors (Lipinski definition) is 3. The third kappa shape index (κ3) is 3.89. The zero-order chi connectivity index (χ0) is 15.4. The number of hydrogen-bond donors (Lipinski definition) is 2. The predicted molar refractivity (Wildman–Crippen MR) is 78.1 cm³/mol. The molecule has 1 aromatic carbocycles. The Labute approximate surface area is 123 Å². The first kappa shape index (κ1) is 15.7. The molecule has 0 amide bonds. The minimum Gasteiger partial charge on any atom is -0.478 e. The molecule has 2 unspecified atom stereocenters. The lowest BCUT2D eigenvalue weighted by molar-refractivity contribution is -0.131. The molecule has 0 radical (unpaired) electrons. The second-order valence-corrected chi connectivity index (χ2v) is 5.51. The summed E-state index contributed by atoms with van der Waals surface area (Å²) < 4.78 is 14.1. The Morgan fingerprint density at radius 2 is 2.29 bits per heavy atom. The van der Waals surface area contributed by atoms with Crippen LogP contribution in [0.15, 0.2) is 24.3 Å². The lowest BCUT2D eigenvalue weighted by Gasteiger charge is -2.25. The molecule has 1 aromatic rings. The third-order valence-corrected chi connectivity index (χ3v) is 4.05. The van der Waals surface area contributed by atoms with Crippen LogP contribution < -0.4 is 0 Å². The SMILES string of the molecule is CC1CCN(Cc2ccc(/C=C/C(=O)O)cc2F)C1CO. The first-order valence-electron chi connectivity index (χ1n) is 7.05. The van der Waals surface area contributed by atoms with Crippen LogP contribution in [0.25, 0.3) is 6.08 Å². The normalized spacial score (nSPS) is 23.0. The van der Waals surface area contributed by atoms with Crippen molar-refractivity contribution in [3.63, 3.8) is 0 Å². The van der Waals surface area contributed by atoms with Crippen LogP contribution in [-0.4, -0.2) is 40.3 Å². The summed E-state index contributed by atoms with van der Waals surface area (Å²) in [7, 11) is 0. The summed E-state index contributed by atoms with van der Waals surface area (Å²) >= 11 is 0. The highest BCUT2D eigenvalue weighted by molar-refractivity contribution is 5.85. The van der Waals surface area contributed by atoms with E-state index in [1.165, 1.54) is 12.1 Å². The van der Waals surface area contributed by atoms with E-state index in [2.05, 4.69) is 11.8 Å². The minimum atomic E-state index is -1.06. The van der Waals surface area contributed by atoms with Crippen molar-refractivity contribution in [1.82, 2.24) is 4.90 Å². The summed E-state index contributed by atoms with van der Waals surface area (Å²) in [6, 6.07) is 4.79. The number of carbonyl (C=O) groups is 1. The Kier molecular flexibility index (Phi) is 5.09. The van der Waals surface area contributed by atoms with Crippen molar-refractivity contribution >= 4 is 12.0 Å². The van der Waals surface area contributed by atoms with E-state index >= 15 is 0 Å². The predicted octanol–water partition coefficient (Wildman–Crippen LogP) is 2.13. The average molecular weight is 293 g/mol. The number of benzene rings is 1. The topological polar surface area (TPSA) is 60.8 Å². The lowest BCUT2D eigenvalue weighted by atomic mass is 10.0. The highest BCUT2D eigenvalue weighted by Crippen LogP contribution is 2.26. The molecule has 1 aliphatic rings. The van der Waals surface area contributed by atoms with Crippen LogP contribution in [-0.2, 0) is 11.3 Å². The van der Waals surface area contributed by atoms with E-state index in [1.807, 2.05) is 0 Å². The number of halogens is 1. The zero-order valence-electron chi connectivity index (χ0n) is 12.0. The van der Waals surface area contributed by atoms with Crippen molar-refractivity contribution in [2.45, 2.75) is 25.9 Å². The van der Waals surface area contributed by atoms with Crippen LogP contribution in [0.2, 0.25) is 0 Å². The van der Waals surface area contributed by atoms with Crippen molar-refractivity contribution < 1.29 is 19.4 Å². The van der Waals surface area contributed by atoms with Gasteiger partial charge >= 0.3 is 5.97 Å². The molecule has 4 nitrogen and oxygen atoms in total. The third-order valence-electron chi connectivity index (χ3n) is 4.05. The molecule has 1 aliphatic heterocycles. The number of aliphatic hydroxyl groups excluding tert-OH is 1. The van der Waals surface area contributed by atoms with Gasteiger partial charge in [0.1, 0.15) is 5.82 Å². The highest BCUT2D eigenvalue weighted by atomic mass is 19.1. The Morgan fingerprint density at radius 3 is 2.90 bits per heavy atom. The van der Waals surface area contributed by atoms with Crippen molar-refractivity contribution in [3.8, 4) is 0 Å². The van der Waals surface area contributed by atoms with Gasteiger partial charge in [-0.15, -0.1) is 0 Å². The summed E-state index contributed by atoms with van der Waals surface area (Å²) in [4.78, 5) is 12.5. The molecule has 0 bridgehead atoms. The van der Waals surface area contributed by atoms with E-state index in [-0.39, 0.29) is 18.5 Å². The largest absolute Gasteiger partial charge is 0.478 e. The zero-order valence-corrected chi connectivity index (χ0v) is 12.0. The van der Waals surface area contributed by atoms with Crippen LogP contribution in [0.1, 0.15) is 24.5 Å². The Balaban J connectivity index is 2.09. The molecule has 0 aliphatic carbocycles. The molecule has 1 fully saturated rings. The molecular formula is C16H20FNO3. The van der Waals surface area contributed by atoms with Gasteiger partial charge in [0.2, 0.25) is 0 Å².